The molecule has 0 aliphatic carbocycles. The molecule has 0 heterocycles. The van der Waals surface area contributed by atoms with Crippen LogP contribution in [0.5, 0.6) is 0 Å². The highest BCUT2D eigenvalue weighted by atomic mass is 32.2. The fourth-order valence-electron chi connectivity index (χ4n) is 1.74. The van der Waals surface area contributed by atoms with Gasteiger partial charge in [0.05, 0.1) is 5.75 Å². The first-order valence-electron chi connectivity index (χ1n) is 6.19. The molecule has 0 aliphatic rings. The van der Waals surface area contributed by atoms with Crippen LogP contribution in [0.1, 0.15) is 18.9 Å². The first-order chi connectivity index (χ1) is 8.95. The molecule has 0 aliphatic heterocycles. The van der Waals surface area contributed by atoms with Crippen molar-refractivity contribution in [1.82, 2.24) is 4.31 Å². The Morgan fingerprint density at radius 2 is 1.89 bits per heavy atom. The van der Waals surface area contributed by atoms with Crippen molar-refractivity contribution in [3.05, 3.63) is 35.9 Å². The van der Waals surface area contributed by atoms with Gasteiger partial charge in [0.25, 0.3) is 0 Å². The van der Waals surface area contributed by atoms with Crippen molar-refractivity contribution >= 4 is 16.0 Å². The minimum atomic E-state index is -3.53. The third-order valence-corrected chi connectivity index (χ3v) is 4.49. The second kappa shape index (κ2) is 7.25. The minimum absolute atomic E-state index is 0.0652. The highest BCUT2D eigenvalue weighted by Gasteiger charge is 2.23. The number of carbonyl (C=O) groups is 1. The van der Waals surface area contributed by atoms with E-state index in [9.17, 15) is 13.2 Å². The number of hydrogen-bond acceptors (Lipinski definition) is 3. The molecule has 19 heavy (non-hydrogen) atoms. The van der Waals surface area contributed by atoms with E-state index in [1.165, 1.54) is 0 Å². The molecule has 0 atom stereocenters. The first-order valence-corrected chi connectivity index (χ1v) is 7.80. The number of aliphatic carboxylic acids is 1. The van der Waals surface area contributed by atoms with Gasteiger partial charge in [-0.2, -0.15) is 4.31 Å². The summed E-state index contributed by atoms with van der Waals surface area (Å²) in [4.78, 5) is 10.7. The van der Waals surface area contributed by atoms with Crippen molar-refractivity contribution in [3.8, 4) is 0 Å². The van der Waals surface area contributed by atoms with Gasteiger partial charge in [-0.1, -0.05) is 37.3 Å². The second-order valence-corrected chi connectivity index (χ2v) is 6.37. The molecular formula is C13H19NO4S. The van der Waals surface area contributed by atoms with Gasteiger partial charge in [-0.3, -0.25) is 4.79 Å². The van der Waals surface area contributed by atoms with E-state index in [0.29, 0.717) is 12.8 Å². The molecule has 5 nitrogen and oxygen atoms in total. The Bertz CT molecular complexity index is 499. The average Bonchev–Trinajstić information content (AvgIpc) is 2.37. The van der Waals surface area contributed by atoms with E-state index >= 15 is 0 Å². The van der Waals surface area contributed by atoms with E-state index < -0.39 is 22.5 Å². The smallest absolute Gasteiger partial charge is 0.318 e. The molecule has 0 saturated heterocycles. The summed E-state index contributed by atoms with van der Waals surface area (Å²) >= 11 is 0. The van der Waals surface area contributed by atoms with Crippen LogP contribution in [0.3, 0.4) is 0 Å². The maximum atomic E-state index is 12.1. The molecular weight excluding hydrogens is 266 g/mol. The Labute approximate surface area is 113 Å². The number of rotatable bonds is 8. The van der Waals surface area contributed by atoms with Crippen molar-refractivity contribution in [3.63, 3.8) is 0 Å². The predicted molar refractivity (Wildman–Crippen MR) is 73.4 cm³/mol. The van der Waals surface area contributed by atoms with E-state index in [4.69, 9.17) is 5.11 Å². The summed E-state index contributed by atoms with van der Waals surface area (Å²) in [6.07, 6.45) is 0.987. The minimum Gasteiger partial charge on any atom is -0.480 e. The first kappa shape index (κ1) is 15.7. The van der Waals surface area contributed by atoms with E-state index in [2.05, 4.69) is 0 Å². The SMILES string of the molecule is CCCN(CC(=O)O)S(=O)(=O)CCc1ccccc1. The lowest BCUT2D eigenvalue weighted by molar-refractivity contribution is -0.137. The molecule has 0 spiro atoms. The summed E-state index contributed by atoms with van der Waals surface area (Å²) in [5.74, 6) is -1.19. The fraction of sp³-hybridized carbons (Fsp3) is 0.462. The van der Waals surface area contributed by atoms with Gasteiger partial charge in [0.1, 0.15) is 6.54 Å². The maximum absolute atomic E-state index is 12.1. The summed E-state index contributed by atoms with van der Waals surface area (Å²) in [7, 11) is -3.53. The van der Waals surface area contributed by atoms with Gasteiger partial charge >= 0.3 is 5.97 Å². The number of carboxylic acids is 1. The summed E-state index contributed by atoms with van der Waals surface area (Å²) in [5, 5.41) is 8.75. The third kappa shape index (κ3) is 5.40. The summed E-state index contributed by atoms with van der Waals surface area (Å²) < 4.78 is 25.2. The molecule has 0 saturated carbocycles. The van der Waals surface area contributed by atoms with Crippen LogP contribution in [0.4, 0.5) is 0 Å². The van der Waals surface area contributed by atoms with Gasteiger partial charge in [-0.05, 0) is 18.4 Å². The molecule has 6 heteroatoms. The molecule has 1 aromatic carbocycles. The van der Waals surface area contributed by atoms with E-state index in [1.807, 2.05) is 37.3 Å². The van der Waals surface area contributed by atoms with Crippen molar-refractivity contribution in [1.29, 1.82) is 0 Å². The monoisotopic (exact) mass is 285 g/mol. The number of carboxylic acid groups (broad SMARTS) is 1. The Hall–Kier alpha value is -1.40. The van der Waals surface area contributed by atoms with Crippen molar-refractivity contribution < 1.29 is 18.3 Å². The predicted octanol–water partition coefficient (Wildman–Crippen LogP) is 1.36. The summed E-state index contributed by atoms with van der Waals surface area (Å²) in [6, 6.07) is 9.28. The van der Waals surface area contributed by atoms with Gasteiger partial charge < -0.3 is 5.11 Å². The molecule has 0 radical (unpaired) electrons. The normalized spacial score (nSPS) is 11.7. The van der Waals surface area contributed by atoms with Gasteiger partial charge in [0.2, 0.25) is 10.0 Å². The van der Waals surface area contributed by atoms with Crippen LogP contribution in [0.2, 0.25) is 0 Å². The topological polar surface area (TPSA) is 74.7 Å². The molecule has 0 fully saturated rings. The lowest BCUT2D eigenvalue weighted by Crippen LogP contribution is -2.38. The fourth-order valence-corrected chi connectivity index (χ4v) is 3.26. The molecule has 1 rings (SSSR count). The largest absolute Gasteiger partial charge is 0.480 e. The molecule has 0 bridgehead atoms. The van der Waals surface area contributed by atoms with Crippen molar-refractivity contribution in [2.45, 2.75) is 19.8 Å². The lowest BCUT2D eigenvalue weighted by Gasteiger charge is -2.19. The zero-order chi connectivity index (χ0) is 14.3. The highest BCUT2D eigenvalue weighted by molar-refractivity contribution is 7.89. The number of aryl methyl sites for hydroxylation is 1. The van der Waals surface area contributed by atoms with E-state index in [-0.39, 0.29) is 12.3 Å². The van der Waals surface area contributed by atoms with Crippen LogP contribution in [0.15, 0.2) is 30.3 Å². The Morgan fingerprint density at radius 1 is 1.26 bits per heavy atom. The number of nitrogens with zero attached hydrogens (tertiary/aromatic N) is 1. The standard InChI is InChI=1S/C13H19NO4S/c1-2-9-14(11-13(15)16)19(17,18)10-8-12-6-4-3-5-7-12/h3-7H,2,8-11H2,1H3,(H,15,16). The van der Waals surface area contributed by atoms with Crippen LogP contribution in [0, 0.1) is 0 Å². The van der Waals surface area contributed by atoms with Gasteiger partial charge in [-0.15, -0.1) is 0 Å². The zero-order valence-corrected chi connectivity index (χ0v) is 11.8. The third-order valence-electron chi connectivity index (χ3n) is 2.67. The molecule has 1 N–H and O–H groups in total. The second-order valence-electron chi connectivity index (χ2n) is 4.28. The van der Waals surface area contributed by atoms with Gasteiger partial charge in [0, 0.05) is 6.54 Å². The van der Waals surface area contributed by atoms with Crippen LogP contribution in [-0.2, 0) is 21.2 Å². The van der Waals surface area contributed by atoms with Crippen LogP contribution < -0.4 is 0 Å². The van der Waals surface area contributed by atoms with Crippen LogP contribution in [-0.4, -0.2) is 42.6 Å². The maximum Gasteiger partial charge on any atom is 0.318 e. The molecule has 0 amide bonds. The van der Waals surface area contributed by atoms with E-state index in [0.717, 1.165) is 9.87 Å². The Balaban J connectivity index is 2.69. The van der Waals surface area contributed by atoms with Gasteiger partial charge in [0.15, 0.2) is 0 Å². The van der Waals surface area contributed by atoms with Crippen LogP contribution in [0.25, 0.3) is 0 Å². The highest BCUT2D eigenvalue weighted by Crippen LogP contribution is 2.07. The summed E-state index contributed by atoms with van der Waals surface area (Å²) in [5.41, 5.74) is 0.929. The Kier molecular flexibility index (Phi) is 5.98. The van der Waals surface area contributed by atoms with E-state index in [1.54, 1.807) is 0 Å². The Morgan fingerprint density at radius 3 is 2.42 bits per heavy atom. The zero-order valence-electron chi connectivity index (χ0n) is 10.9. The molecule has 1 aromatic rings. The number of sulfonamides is 1. The van der Waals surface area contributed by atoms with Crippen molar-refractivity contribution in [2.75, 3.05) is 18.8 Å². The number of benzene rings is 1. The molecule has 106 valence electrons. The summed E-state index contributed by atoms with van der Waals surface area (Å²) in [6.45, 7) is 1.59. The van der Waals surface area contributed by atoms with Gasteiger partial charge in [-0.25, -0.2) is 8.42 Å². The van der Waals surface area contributed by atoms with Crippen molar-refractivity contribution in [2.24, 2.45) is 0 Å². The average molecular weight is 285 g/mol. The molecule has 0 unspecified atom stereocenters. The number of hydrogen-bond donors (Lipinski definition) is 1. The lowest BCUT2D eigenvalue weighted by atomic mass is 10.2. The van der Waals surface area contributed by atoms with Crippen LogP contribution >= 0.6 is 0 Å². The molecule has 0 aromatic heterocycles. The quantitative estimate of drug-likeness (QED) is 0.782.